The molecule has 2 aromatic rings. The Morgan fingerprint density at radius 3 is 1.67 bits per heavy atom. The molecule has 0 saturated heterocycles. The molecule has 27 heavy (non-hydrogen) atoms. The summed E-state index contributed by atoms with van der Waals surface area (Å²) in [5.74, 6) is -0.334. The third-order valence-electron chi connectivity index (χ3n) is 4.82. The summed E-state index contributed by atoms with van der Waals surface area (Å²) in [6.07, 6.45) is 1.48. The first kappa shape index (κ1) is 20.7. The molecule has 0 spiro atoms. The highest BCUT2D eigenvalue weighted by atomic mass is 16.2. The fourth-order valence-corrected chi connectivity index (χ4v) is 3.29. The summed E-state index contributed by atoms with van der Waals surface area (Å²) >= 11 is 0. The first-order valence-electron chi connectivity index (χ1n) is 9.74. The van der Waals surface area contributed by atoms with Crippen LogP contribution in [0.2, 0.25) is 0 Å². The number of carbonyl (C=O) groups is 2. The SMILES string of the molecule is CC[C@H](C(=O)NC[C@@H](C)NC(=O)[C@@H](CC)c1ccccc1)c1ccccc1. The second-order valence-corrected chi connectivity index (χ2v) is 6.90. The van der Waals surface area contributed by atoms with Crippen molar-refractivity contribution in [3.05, 3.63) is 71.8 Å². The Bertz CT molecular complexity index is 716. The molecule has 0 heterocycles. The smallest absolute Gasteiger partial charge is 0.227 e. The molecule has 4 nitrogen and oxygen atoms in total. The molecule has 0 aliphatic heterocycles. The average molecular weight is 367 g/mol. The fourth-order valence-electron chi connectivity index (χ4n) is 3.29. The minimum absolute atomic E-state index is 0.0000927. The van der Waals surface area contributed by atoms with Crippen molar-refractivity contribution in [3.8, 4) is 0 Å². The topological polar surface area (TPSA) is 58.2 Å². The summed E-state index contributed by atoms with van der Waals surface area (Å²) in [6, 6.07) is 19.5. The maximum Gasteiger partial charge on any atom is 0.227 e. The fraction of sp³-hybridized carbons (Fsp3) is 0.391. The van der Waals surface area contributed by atoms with Crippen LogP contribution < -0.4 is 10.6 Å². The van der Waals surface area contributed by atoms with Gasteiger partial charge in [0.15, 0.2) is 0 Å². The molecular weight excluding hydrogens is 336 g/mol. The van der Waals surface area contributed by atoms with E-state index in [1.807, 2.05) is 81.4 Å². The van der Waals surface area contributed by atoms with E-state index in [2.05, 4.69) is 10.6 Å². The van der Waals surface area contributed by atoms with E-state index in [9.17, 15) is 9.59 Å². The molecule has 2 aromatic carbocycles. The van der Waals surface area contributed by atoms with Gasteiger partial charge >= 0.3 is 0 Å². The van der Waals surface area contributed by atoms with Gasteiger partial charge in [0, 0.05) is 12.6 Å². The summed E-state index contributed by atoms with van der Waals surface area (Å²) in [5.41, 5.74) is 2.04. The molecular formula is C23H30N2O2. The lowest BCUT2D eigenvalue weighted by atomic mass is 9.95. The van der Waals surface area contributed by atoms with Crippen molar-refractivity contribution in [2.75, 3.05) is 6.54 Å². The first-order valence-corrected chi connectivity index (χ1v) is 9.74. The molecule has 2 amide bonds. The molecule has 0 radical (unpaired) electrons. The molecule has 2 rings (SSSR count). The van der Waals surface area contributed by atoms with Crippen LogP contribution in [0.5, 0.6) is 0 Å². The molecule has 4 heteroatoms. The van der Waals surface area contributed by atoms with Crippen LogP contribution in [-0.4, -0.2) is 24.4 Å². The number of hydrogen-bond acceptors (Lipinski definition) is 2. The van der Waals surface area contributed by atoms with Crippen LogP contribution in [0.3, 0.4) is 0 Å². The third kappa shape index (κ3) is 5.95. The quantitative estimate of drug-likeness (QED) is 0.705. The highest BCUT2D eigenvalue weighted by molar-refractivity contribution is 5.85. The zero-order chi connectivity index (χ0) is 19.6. The van der Waals surface area contributed by atoms with Crippen molar-refractivity contribution >= 4 is 11.8 Å². The maximum atomic E-state index is 12.6. The predicted octanol–water partition coefficient (Wildman–Crippen LogP) is 3.99. The standard InChI is InChI=1S/C23H30N2O2/c1-4-20(18-12-8-6-9-13-18)22(26)24-16-17(3)25-23(27)21(5-2)19-14-10-7-11-15-19/h6-15,17,20-21H,4-5,16H2,1-3H3,(H,24,26)(H,25,27)/t17-,20+,21+/m1/s1. The molecule has 3 atom stereocenters. The summed E-state index contributed by atoms with van der Waals surface area (Å²) in [5, 5.41) is 6.01. The zero-order valence-corrected chi connectivity index (χ0v) is 16.4. The monoisotopic (exact) mass is 366 g/mol. The second kappa shape index (κ2) is 10.5. The lowest BCUT2D eigenvalue weighted by molar-refractivity contribution is -0.125. The van der Waals surface area contributed by atoms with Crippen molar-refractivity contribution in [1.29, 1.82) is 0 Å². The number of nitrogens with one attached hydrogen (secondary N) is 2. The molecule has 2 N–H and O–H groups in total. The van der Waals surface area contributed by atoms with Crippen LogP contribution in [0, 0.1) is 0 Å². The number of amides is 2. The van der Waals surface area contributed by atoms with Crippen LogP contribution >= 0.6 is 0 Å². The van der Waals surface area contributed by atoms with Crippen LogP contribution in [0.15, 0.2) is 60.7 Å². The molecule has 144 valence electrons. The Kier molecular flexibility index (Phi) is 8.05. The summed E-state index contributed by atoms with van der Waals surface area (Å²) in [4.78, 5) is 25.2. The van der Waals surface area contributed by atoms with E-state index >= 15 is 0 Å². The highest BCUT2D eigenvalue weighted by Crippen LogP contribution is 2.20. The molecule has 0 saturated carbocycles. The summed E-state index contributed by atoms with van der Waals surface area (Å²) in [7, 11) is 0. The van der Waals surface area contributed by atoms with Gasteiger partial charge < -0.3 is 10.6 Å². The highest BCUT2D eigenvalue weighted by Gasteiger charge is 2.22. The van der Waals surface area contributed by atoms with Gasteiger partial charge in [-0.05, 0) is 30.9 Å². The predicted molar refractivity (Wildman–Crippen MR) is 110 cm³/mol. The lowest BCUT2D eigenvalue weighted by Gasteiger charge is -2.21. The minimum atomic E-state index is -0.169. The van der Waals surface area contributed by atoms with Crippen molar-refractivity contribution in [2.45, 2.75) is 51.5 Å². The van der Waals surface area contributed by atoms with E-state index < -0.39 is 0 Å². The van der Waals surface area contributed by atoms with E-state index in [1.165, 1.54) is 0 Å². The largest absolute Gasteiger partial charge is 0.354 e. The molecule has 0 unspecified atom stereocenters. The van der Waals surface area contributed by atoms with E-state index in [4.69, 9.17) is 0 Å². The van der Waals surface area contributed by atoms with Gasteiger partial charge in [0.05, 0.1) is 11.8 Å². The van der Waals surface area contributed by atoms with Crippen molar-refractivity contribution < 1.29 is 9.59 Å². The van der Waals surface area contributed by atoms with Crippen LogP contribution in [0.1, 0.15) is 56.6 Å². The normalized spacial score (nSPS) is 14.0. The van der Waals surface area contributed by atoms with Gasteiger partial charge in [0.2, 0.25) is 11.8 Å². The number of hydrogen-bond donors (Lipinski definition) is 2. The van der Waals surface area contributed by atoms with Crippen LogP contribution in [0.4, 0.5) is 0 Å². The molecule has 0 aromatic heterocycles. The van der Waals surface area contributed by atoms with Crippen LogP contribution in [-0.2, 0) is 9.59 Å². The number of rotatable bonds is 9. The Labute approximate surface area is 162 Å². The van der Waals surface area contributed by atoms with Gasteiger partial charge in [-0.1, -0.05) is 74.5 Å². The lowest BCUT2D eigenvalue weighted by Crippen LogP contribution is -2.44. The first-order chi connectivity index (χ1) is 13.1. The van der Waals surface area contributed by atoms with E-state index in [0.29, 0.717) is 6.54 Å². The molecule has 0 fully saturated rings. The second-order valence-electron chi connectivity index (χ2n) is 6.90. The van der Waals surface area contributed by atoms with Crippen molar-refractivity contribution in [2.24, 2.45) is 0 Å². The van der Waals surface area contributed by atoms with Gasteiger partial charge in [-0.3, -0.25) is 9.59 Å². The zero-order valence-electron chi connectivity index (χ0n) is 16.4. The average Bonchev–Trinajstić information content (AvgIpc) is 2.69. The van der Waals surface area contributed by atoms with Crippen LogP contribution in [0.25, 0.3) is 0 Å². The third-order valence-corrected chi connectivity index (χ3v) is 4.82. The Balaban J connectivity index is 1.88. The van der Waals surface area contributed by atoms with E-state index in [1.54, 1.807) is 0 Å². The van der Waals surface area contributed by atoms with E-state index in [-0.39, 0.29) is 29.7 Å². The Morgan fingerprint density at radius 2 is 1.22 bits per heavy atom. The summed E-state index contributed by atoms with van der Waals surface area (Å²) < 4.78 is 0. The Morgan fingerprint density at radius 1 is 0.778 bits per heavy atom. The number of carbonyl (C=O) groups excluding carboxylic acids is 2. The molecule has 0 aliphatic carbocycles. The van der Waals surface area contributed by atoms with Gasteiger partial charge in [-0.2, -0.15) is 0 Å². The molecule has 0 aliphatic rings. The number of benzene rings is 2. The maximum absolute atomic E-state index is 12.6. The van der Waals surface area contributed by atoms with Gasteiger partial charge in [0.1, 0.15) is 0 Å². The van der Waals surface area contributed by atoms with Gasteiger partial charge in [-0.15, -0.1) is 0 Å². The van der Waals surface area contributed by atoms with Crippen molar-refractivity contribution in [1.82, 2.24) is 10.6 Å². The summed E-state index contributed by atoms with van der Waals surface area (Å²) in [6.45, 7) is 6.35. The van der Waals surface area contributed by atoms with Gasteiger partial charge in [0.25, 0.3) is 0 Å². The minimum Gasteiger partial charge on any atom is -0.354 e. The Hall–Kier alpha value is -2.62. The molecule has 0 bridgehead atoms. The van der Waals surface area contributed by atoms with E-state index in [0.717, 1.165) is 24.0 Å². The van der Waals surface area contributed by atoms with Gasteiger partial charge in [-0.25, -0.2) is 0 Å². The van der Waals surface area contributed by atoms with Crippen molar-refractivity contribution in [3.63, 3.8) is 0 Å².